The Morgan fingerprint density at radius 3 is 2.57 bits per heavy atom. The van der Waals surface area contributed by atoms with Gasteiger partial charge in [0.15, 0.2) is 5.82 Å². The van der Waals surface area contributed by atoms with Crippen molar-refractivity contribution in [3.63, 3.8) is 0 Å². The zero-order chi connectivity index (χ0) is 15.4. The lowest BCUT2D eigenvalue weighted by Crippen LogP contribution is -2.11. The van der Waals surface area contributed by atoms with Crippen LogP contribution in [-0.2, 0) is 0 Å². The van der Waals surface area contributed by atoms with Gasteiger partial charge in [-0.05, 0) is 32.0 Å². The Morgan fingerprint density at radius 1 is 1.19 bits per heavy atom. The van der Waals surface area contributed by atoms with Crippen molar-refractivity contribution < 1.29 is 9.47 Å². The zero-order valence-corrected chi connectivity index (χ0v) is 13.1. The number of aromatic nitrogens is 3. The van der Waals surface area contributed by atoms with E-state index in [4.69, 9.17) is 21.1 Å². The number of hydrogen-bond acceptors (Lipinski definition) is 6. The molecule has 0 unspecified atom stereocenters. The Balaban J connectivity index is 2.47. The predicted octanol–water partition coefficient (Wildman–Crippen LogP) is 3.03. The van der Waals surface area contributed by atoms with E-state index in [9.17, 15) is 0 Å². The van der Waals surface area contributed by atoms with E-state index in [-0.39, 0.29) is 12.1 Å². The van der Waals surface area contributed by atoms with Crippen molar-refractivity contribution in [2.24, 2.45) is 0 Å². The molecule has 2 rings (SSSR count). The highest BCUT2D eigenvalue weighted by Gasteiger charge is 2.12. The second-order valence-electron chi connectivity index (χ2n) is 4.53. The molecule has 0 atom stereocenters. The lowest BCUT2D eigenvalue weighted by Gasteiger charge is -2.11. The Hall–Kier alpha value is -2.08. The van der Waals surface area contributed by atoms with E-state index < -0.39 is 0 Å². The van der Waals surface area contributed by atoms with Gasteiger partial charge < -0.3 is 14.8 Å². The van der Waals surface area contributed by atoms with E-state index in [1.165, 1.54) is 0 Å². The molecule has 1 aromatic heterocycles. The first-order valence-corrected chi connectivity index (χ1v) is 6.85. The molecule has 2 aromatic rings. The van der Waals surface area contributed by atoms with Gasteiger partial charge in [-0.2, -0.15) is 15.0 Å². The molecule has 6 nitrogen and oxygen atoms in total. The van der Waals surface area contributed by atoms with Gasteiger partial charge in [0, 0.05) is 12.6 Å². The van der Waals surface area contributed by atoms with Crippen LogP contribution < -0.4 is 14.8 Å². The van der Waals surface area contributed by atoms with Crippen LogP contribution in [0.15, 0.2) is 18.2 Å². The molecule has 7 heteroatoms. The van der Waals surface area contributed by atoms with E-state index in [1.54, 1.807) is 26.3 Å². The minimum Gasteiger partial charge on any atom is -0.495 e. The number of ether oxygens (including phenoxy) is 2. The normalized spacial score (nSPS) is 10.6. The fourth-order valence-corrected chi connectivity index (χ4v) is 1.85. The topological polar surface area (TPSA) is 69.2 Å². The molecule has 0 fully saturated rings. The lowest BCUT2D eigenvalue weighted by molar-refractivity contribution is 0.222. The van der Waals surface area contributed by atoms with Crippen LogP contribution in [0.25, 0.3) is 11.4 Å². The van der Waals surface area contributed by atoms with E-state index in [1.807, 2.05) is 19.9 Å². The van der Waals surface area contributed by atoms with Crippen molar-refractivity contribution in [2.45, 2.75) is 20.0 Å². The number of halogens is 1. The number of rotatable bonds is 5. The third-order valence-corrected chi connectivity index (χ3v) is 2.90. The molecule has 1 N–H and O–H groups in total. The summed E-state index contributed by atoms with van der Waals surface area (Å²) in [5, 5.41) is 3.42. The summed E-state index contributed by atoms with van der Waals surface area (Å²) in [6.07, 6.45) is -0.0234. The molecule has 0 amide bonds. The third kappa shape index (κ3) is 3.72. The molecule has 0 aliphatic carbocycles. The van der Waals surface area contributed by atoms with Gasteiger partial charge in [-0.1, -0.05) is 11.6 Å². The predicted molar refractivity (Wildman–Crippen MR) is 82.1 cm³/mol. The van der Waals surface area contributed by atoms with Gasteiger partial charge in [-0.15, -0.1) is 0 Å². The molecule has 1 aromatic carbocycles. The smallest absolute Gasteiger partial charge is 0.322 e. The Labute approximate surface area is 128 Å². The fraction of sp³-hybridized carbons (Fsp3) is 0.357. The van der Waals surface area contributed by atoms with Crippen molar-refractivity contribution in [1.82, 2.24) is 15.0 Å². The average Bonchev–Trinajstić information content (AvgIpc) is 2.46. The number of nitrogens with one attached hydrogen (secondary N) is 1. The maximum absolute atomic E-state index is 6.03. The second-order valence-corrected chi connectivity index (χ2v) is 4.94. The summed E-state index contributed by atoms with van der Waals surface area (Å²) in [4.78, 5) is 12.8. The van der Waals surface area contributed by atoms with Gasteiger partial charge in [0.05, 0.1) is 18.2 Å². The van der Waals surface area contributed by atoms with Gasteiger partial charge in [-0.3, -0.25) is 0 Å². The Morgan fingerprint density at radius 2 is 1.95 bits per heavy atom. The highest BCUT2D eigenvalue weighted by atomic mass is 35.5. The van der Waals surface area contributed by atoms with Gasteiger partial charge in [0.1, 0.15) is 5.75 Å². The van der Waals surface area contributed by atoms with Crippen LogP contribution in [0.3, 0.4) is 0 Å². The Bertz CT molecular complexity index is 634. The monoisotopic (exact) mass is 308 g/mol. The minimum absolute atomic E-state index is 0.0234. The maximum atomic E-state index is 6.03. The number of anilines is 1. The highest BCUT2D eigenvalue weighted by Crippen LogP contribution is 2.29. The molecule has 0 bridgehead atoms. The van der Waals surface area contributed by atoms with Crippen molar-refractivity contribution in [3.05, 3.63) is 23.2 Å². The first-order valence-electron chi connectivity index (χ1n) is 6.48. The van der Waals surface area contributed by atoms with Crippen LogP contribution in [0.4, 0.5) is 5.95 Å². The molecule has 0 aliphatic rings. The standard InChI is InChI=1S/C14H17ClN4O2/c1-8(2)21-14-18-12(17-13(16-3)19-14)9-5-6-10(15)11(7-9)20-4/h5-8H,1-4H3,(H,16,17,18,19). The maximum Gasteiger partial charge on any atom is 0.322 e. The summed E-state index contributed by atoms with van der Waals surface area (Å²) in [5.74, 6) is 1.48. The van der Waals surface area contributed by atoms with Gasteiger partial charge in [0.25, 0.3) is 0 Å². The van der Waals surface area contributed by atoms with Crippen LogP contribution in [0.1, 0.15) is 13.8 Å². The minimum atomic E-state index is -0.0234. The van der Waals surface area contributed by atoms with Crippen LogP contribution in [-0.4, -0.2) is 35.2 Å². The Kier molecular flexibility index (Phi) is 4.80. The molecule has 0 radical (unpaired) electrons. The summed E-state index contributed by atoms with van der Waals surface area (Å²) >= 11 is 6.03. The van der Waals surface area contributed by atoms with Crippen molar-refractivity contribution in [2.75, 3.05) is 19.5 Å². The summed E-state index contributed by atoms with van der Waals surface area (Å²) in [5.41, 5.74) is 0.767. The van der Waals surface area contributed by atoms with Gasteiger partial charge >= 0.3 is 6.01 Å². The van der Waals surface area contributed by atoms with Crippen LogP contribution in [0, 0.1) is 0 Å². The molecule has 0 saturated heterocycles. The van der Waals surface area contributed by atoms with Crippen molar-refractivity contribution in [1.29, 1.82) is 0 Å². The second kappa shape index (κ2) is 6.58. The average molecular weight is 309 g/mol. The van der Waals surface area contributed by atoms with Crippen LogP contribution in [0.2, 0.25) is 5.02 Å². The molecular formula is C14H17ClN4O2. The fourth-order valence-electron chi connectivity index (χ4n) is 1.66. The molecule has 0 aliphatic heterocycles. The molecule has 0 saturated carbocycles. The first-order chi connectivity index (χ1) is 10.0. The van der Waals surface area contributed by atoms with E-state index in [2.05, 4.69) is 20.3 Å². The summed E-state index contributed by atoms with van der Waals surface area (Å²) in [6.45, 7) is 3.82. The molecule has 0 spiro atoms. The van der Waals surface area contributed by atoms with Gasteiger partial charge in [0.2, 0.25) is 5.95 Å². The summed E-state index contributed by atoms with van der Waals surface area (Å²) < 4.78 is 10.7. The largest absolute Gasteiger partial charge is 0.495 e. The zero-order valence-electron chi connectivity index (χ0n) is 12.3. The number of nitrogens with zero attached hydrogens (tertiary/aromatic N) is 3. The number of hydrogen-bond donors (Lipinski definition) is 1. The van der Waals surface area contributed by atoms with Gasteiger partial charge in [-0.25, -0.2) is 0 Å². The molecule has 112 valence electrons. The first kappa shape index (κ1) is 15.3. The number of methoxy groups -OCH3 is 1. The summed E-state index contributed by atoms with van der Waals surface area (Å²) in [7, 11) is 3.30. The van der Waals surface area contributed by atoms with Crippen molar-refractivity contribution >= 4 is 17.5 Å². The van der Waals surface area contributed by atoms with Crippen LogP contribution in [0.5, 0.6) is 11.8 Å². The van der Waals surface area contributed by atoms with Crippen molar-refractivity contribution in [3.8, 4) is 23.1 Å². The molecular weight excluding hydrogens is 292 g/mol. The van der Waals surface area contributed by atoms with E-state index in [0.29, 0.717) is 22.5 Å². The number of benzene rings is 1. The third-order valence-electron chi connectivity index (χ3n) is 2.59. The quantitative estimate of drug-likeness (QED) is 0.915. The highest BCUT2D eigenvalue weighted by molar-refractivity contribution is 6.32. The van der Waals surface area contributed by atoms with E-state index >= 15 is 0 Å². The summed E-state index contributed by atoms with van der Waals surface area (Å²) in [6, 6.07) is 5.60. The molecule has 21 heavy (non-hydrogen) atoms. The SMILES string of the molecule is CNc1nc(OC(C)C)nc(-c2ccc(Cl)c(OC)c2)n1. The lowest BCUT2D eigenvalue weighted by atomic mass is 10.2. The van der Waals surface area contributed by atoms with E-state index in [0.717, 1.165) is 5.56 Å². The molecule has 1 heterocycles. The van der Waals surface area contributed by atoms with Crippen LogP contribution >= 0.6 is 11.6 Å².